The van der Waals surface area contributed by atoms with E-state index in [0.717, 1.165) is 5.69 Å². The molecule has 7 nitrogen and oxygen atoms in total. The molecule has 0 bridgehead atoms. The fourth-order valence-electron chi connectivity index (χ4n) is 2.58. The molecule has 1 aliphatic heterocycles. The lowest BCUT2D eigenvalue weighted by Crippen LogP contribution is -2.46. The molecule has 0 radical (unpaired) electrons. The van der Waals surface area contributed by atoms with E-state index < -0.39 is 12.1 Å². The molecule has 2 aromatic rings. The maximum Gasteiger partial charge on any atom is 0.306 e. The van der Waals surface area contributed by atoms with E-state index in [1.54, 1.807) is 40.0 Å². The number of morpholine rings is 1. The summed E-state index contributed by atoms with van der Waals surface area (Å²) in [4.78, 5) is 24.9. The SMILES string of the molecule is O=C(O)CC1CN(C(=O)c2ccn(-c3cccc(Cl)c3)n2)CCO1. The normalized spacial score (nSPS) is 17.7. The predicted molar refractivity (Wildman–Crippen MR) is 86.5 cm³/mol. The van der Waals surface area contributed by atoms with E-state index in [2.05, 4.69) is 5.10 Å². The number of amides is 1. The molecular weight excluding hydrogens is 334 g/mol. The van der Waals surface area contributed by atoms with Crippen LogP contribution in [-0.4, -0.2) is 57.5 Å². The minimum atomic E-state index is -0.945. The molecule has 1 aliphatic rings. The monoisotopic (exact) mass is 349 g/mol. The first kappa shape index (κ1) is 16.5. The minimum Gasteiger partial charge on any atom is -0.481 e. The third kappa shape index (κ3) is 3.74. The molecule has 8 heteroatoms. The molecule has 3 rings (SSSR count). The zero-order valence-electron chi connectivity index (χ0n) is 12.8. The number of hydrogen-bond donors (Lipinski definition) is 1. The molecule has 24 heavy (non-hydrogen) atoms. The summed E-state index contributed by atoms with van der Waals surface area (Å²) >= 11 is 5.97. The van der Waals surface area contributed by atoms with E-state index in [0.29, 0.717) is 23.9 Å². The number of aliphatic carboxylic acids is 1. The molecule has 1 fully saturated rings. The summed E-state index contributed by atoms with van der Waals surface area (Å²) in [6.07, 6.45) is 1.07. The second-order valence-corrected chi connectivity index (χ2v) is 5.90. The van der Waals surface area contributed by atoms with Crippen molar-refractivity contribution in [3.05, 3.63) is 47.2 Å². The van der Waals surface area contributed by atoms with Crippen LogP contribution < -0.4 is 0 Å². The van der Waals surface area contributed by atoms with Crippen LogP contribution in [0.2, 0.25) is 5.02 Å². The topological polar surface area (TPSA) is 84.7 Å². The van der Waals surface area contributed by atoms with Crippen LogP contribution in [0.3, 0.4) is 0 Å². The lowest BCUT2D eigenvalue weighted by atomic mass is 10.2. The van der Waals surface area contributed by atoms with Gasteiger partial charge in [-0.25, -0.2) is 4.68 Å². The average molecular weight is 350 g/mol. The largest absolute Gasteiger partial charge is 0.481 e. The Bertz CT molecular complexity index is 761. The van der Waals surface area contributed by atoms with Gasteiger partial charge in [-0.3, -0.25) is 9.59 Å². The zero-order chi connectivity index (χ0) is 17.1. The lowest BCUT2D eigenvalue weighted by Gasteiger charge is -2.31. The Morgan fingerprint density at radius 3 is 2.96 bits per heavy atom. The average Bonchev–Trinajstić information content (AvgIpc) is 3.04. The van der Waals surface area contributed by atoms with Gasteiger partial charge in [0.15, 0.2) is 5.69 Å². The summed E-state index contributed by atoms with van der Waals surface area (Å²) in [6, 6.07) is 8.78. The van der Waals surface area contributed by atoms with Crippen molar-refractivity contribution in [1.82, 2.24) is 14.7 Å². The highest BCUT2D eigenvalue weighted by Crippen LogP contribution is 2.16. The summed E-state index contributed by atoms with van der Waals surface area (Å²) < 4.78 is 6.96. The van der Waals surface area contributed by atoms with Crippen LogP contribution in [0.5, 0.6) is 0 Å². The molecule has 1 aromatic heterocycles. The van der Waals surface area contributed by atoms with Gasteiger partial charge in [-0.15, -0.1) is 0 Å². The van der Waals surface area contributed by atoms with Gasteiger partial charge in [0.2, 0.25) is 0 Å². The van der Waals surface area contributed by atoms with Gasteiger partial charge in [-0.1, -0.05) is 17.7 Å². The van der Waals surface area contributed by atoms with Crippen LogP contribution in [0.4, 0.5) is 0 Å². The van der Waals surface area contributed by atoms with Crippen LogP contribution in [-0.2, 0) is 9.53 Å². The van der Waals surface area contributed by atoms with Gasteiger partial charge in [-0.2, -0.15) is 5.10 Å². The summed E-state index contributed by atoms with van der Waals surface area (Å²) in [5.74, 6) is -1.19. The van der Waals surface area contributed by atoms with Crippen LogP contribution in [0.15, 0.2) is 36.5 Å². The number of carboxylic acids is 1. The van der Waals surface area contributed by atoms with Gasteiger partial charge in [-0.05, 0) is 24.3 Å². The number of nitrogens with zero attached hydrogens (tertiary/aromatic N) is 3. The number of carbonyl (C=O) groups is 2. The summed E-state index contributed by atoms with van der Waals surface area (Å²) in [5, 5.41) is 13.7. The highest BCUT2D eigenvalue weighted by molar-refractivity contribution is 6.30. The first-order valence-electron chi connectivity index (χ1n) is 7.47. The van der Waals surface area contributed by atoms with E-state index in [1.807, 2.05) is 6.07 Å². The molecule has 1 unspecified atom stereocenters. The van der Waals surface area contributed by atoms with E-state index >= 15 is 0 Å². The summed E-state index contributed by atoms with van der Waals surface area (Å²) in [7, 11) is 0. The van der Waals surface area contributed by atoms with Crippen molar-refractivity contribution in [3.63, 3.8) is 0 Å². The number of benzene rings is 1. The smallest absolute Gasteiger partial charge is 0.306 e. The van der Waals surface area contributed by atoms with Gasteiger partial charge < -0.3 is 14.7 Å². The van der Waals surface area contributed by atoms with Gasteiger partial charge in [0.25, 0.3) is 5.91 Å². The second-order valence-electron chi connectivity index (χ2n) is 5.47. The van der Waals surface area contributed by atoms with Crippen LogP contribution in [0, 0.1) is 0 Å². The van der Waals surface area contributed by atoms with Gasteiger partial charge >= 0.3 is 5.97 Å². The number of carboxylic acid groups (broad SMARTS) is 1. The summed E-state index contributed by atoms with van der Waals surface area (Å²) in [6.45, 7) is 0.979. The van der Waals surface area contributed by atoms with E-state index in [-0.39, 0.29) is 18.9 Å². The number of rotatable bonds is 4. The minimum absolute atomic E-state index is 0.124. The fraction of sp³-hybridized carbons (Fsp3) is 0.312. The molecular formula is C16H16ClN3O4. The Hall–Kier alpha value is -2.38. The van der Waals surface area contributed by atoms with Crippen LogP contribution in [0.25, 0.3) is 5.69 Å². The maximum absolute atomic E-state index is 12.6. The Morgan fingerprint density at radius 2 is 2.21 bits per heavy atom. The zero-order valence-corrected chi connectivity index (χ0v) is 13.5. The van der Waals surface area contributed by atoms with Crippen LogP contribution in [0.1, 0.15) is 16.9 Å². The van der Waals surface area contributed by atoms with Crippen molar-refractivity contribution in [2.24, 2.45) is 0 Å². The molecule has 0 aliphatic carbocycles. The van der Waals surface area contributed by atoms with Crippen LogP contribution >= 0.6 is 11.6 Å². The van der Waals surface area contributed by atoms with Crippen molar-refractivity contribution >= 4 is 23.5 Å². The van der Waals surface area contributed by atoms with Crippen molar-refractivity contribution in [2.75, 3.05) is 19.7 Å². The number of halogens is 1. The van der Waals surface area contributed by atoms with Crippen molar-refractivity contribution < 1.29 is 19.4 Å². The number of aromatic nitrogens is 2. The van der Waals surface area contributed by atoms with Crippen molar-refractivity contribution in [2.45, 2.75) is 12.5 Å². The number of ether oxygens (including phenoxy) is 1. The Kier molecular flexibility index (Phi) is 4.82. The quantitative estimate of drug-likeness (QED) is 0.910. The molecule has 0 spiro atoms. The molecule has 2 heterocycles. The van der Waals surface area contributed by atoms with E-state index in [9.17, 15) is 9.59 Å². The molecule has 1 N–H and O–H groups in total. The summed E-state index contributed by atoms with van der Waals surface area (Å²) in [5.41, 5.74) is 1.05. The first-order chi connectivity index (χ1) is 11.5. The molecule has 1 saturated heterocycles. The molecule has 1 aromatic carbocycles. The predicted octanol–water partition coefficient (Wildman–Crippen LogP) is 1.84. The van der Waals surface area contributed by atoms with Gasteiger partial charge in [0.05, 0.1) is 24.8 Å². The second kappa shape index (κ2) is 7.02. The molecule has 1 atom stereocenters. The highest BCUT2D eigenvalue weighted by Gasteiger charge is 2.27. The third-order valence-corrected chi connectivity index (χ3v) is 3.94. The molecule has 0 saturated carbocycles. The Balaban J connectivity index is 1.72. The fourth-order valence-corrected chi connectivity index (χ4v) is 2.77. The van der Waals surface area contributed by atoms with Crippen molar-refractivity contribution in [3.8, 4) is 5.69 Å². The third-order valence-electron chi connectivity index (χ3n) is 3.71. The maximum atomic E-state index is 12.6. The standard InChI is InChI=1S/C16H16ClN3O4/c17-11-2-1-3-12(8-11)20-5-4-14(18-20)16(23)19-6-7-24-13(10-19)9-15(21)22/h1-5,8,13H,6-7,9-10H2,(H,21,22). The van der Waals surface area contributed by atoms with Crippen molar-refractivity contribution in [1.29, 1.82) is 0 Å². The number of hydrogen-bond acceptors (Lipinski definition) is 4. The molecule has 126 valence electrons. The highest BCUT2D eigenvalue weighted by atomic mass is 35.5. The first-order valence-corrected chi connectivity index (χ1v) is 7.85. The van der Waals surface area contributed by atoms with E-state index in [4.69, 9.17) is 21.4 Å². The van der Waals surface area contributed by atoms with E-state index in [1.165, 1.54) is 0 Å². The van der Waals surface area contributed by atoms with Gasteiger partial charge in [0, 0.05) is 24.3 Å². The number of carbonyl (C=O) groups excluding carboxylic acids is 1. The van der Waals surface area contributed by atoms with Gasteiger partial charge in [0.1, 0.15) is 0 Å². The molecule has 1 amide bonds. The Morgan fingerprint density at radius 1 is 1.38 bits per heavy atom. The lowest BCUT2D eigenvalue weighted by molar-refractivity contribution is -0.141. The Labute approximate surface area is 143 Å².